The van der Waals surface area contributed by atoms with E-state index in [9.17, 15) is 0 Å². The molecule has 0 spiro atoms. The SMILES string of the molecule is COc1ccc(Nc2nc3ccccc3nc2N2CCN(Cc3cccc(Cl)c3)CC2)cc1. The van der Waals surface area contributed by atoms with E-state index in [0.29, 0.717) is 0 Å². The molecule has 7 heteroatoms. The number of aromatic nitrogens is 2. The summed E-state index contributed by atoms with van der Waals surface area (Å²) < 4.78 is 5.28. The van der Waals surface area contributed by atoms with E-state index in [4.69, 9.17) is 26.3 Å². The van der Waals surface area contributed by atoms with Crippen LogP contribution in [0.5, 0.6) is 5.75 Å². The Labute approximate surface area is 198 Å². The Hall–Kier alpha value is -3.35. The van der Waals surface area contributed by atoms with E-state index in [2.05, 4.69) is 21.2 Å². The van der Waals surface area contributed by atoms with Crippen LogP contribution in [0, 0.1) is 0 Å². The number of nitrogens with zero attached hydrogens (tertiary/aromatic N) is 4. The van der Waals surface area contributed by atoms with Crippen molar-refractivity contribution in [1.82, 2.24) is 14.9 Å². The van der Waals surface area contributed by atoms with E-state index in [0.717, 1.165) is 71.9 Å². The molecule has 0 bridgehead atoms. The van der Waals surface area contributed by atoms with E-state index in [-0.39, 0.29) is 0 Å². The molecule has 2 heterocycles. The van der Waals surface area contributed by atoms with Crippen LogP contribution in [0.2, 0.25) is 5.02 Å². The second-order valence-electron chi connectivity index (χ2n) is 8.13. The number of para-hydroxylation sites is 2. The average molecular weight is 460 g/mol. The average Bonchev–Trinajstić information content (AvgIpc) is 2.85. The predicted octanol–water partition coefficient (Wildman–Crippen LogP) is 5.36. The summed E-state index contributed by atoms with van der Waals surface area (Å²) in [5.74, 6) is 2.47. The second-order valence-corrected chi connectivity index (χ2v) is 8.57. The van der Waals surface area contributed by atoms with Crippen molar-refractivity contribution in [2.75, 3.05) is 43.5 Å². The van der Waals surface area contributed by atoms with Gasteiger partial charge in [0, 0.05) is 43.4 Å². The molecular formula is C26H26ClN5O. The lowest BCUT2D eigenvalue weighted by atomic mass is 10.2. The summed E-state index contributed by atoms with van der Waals surface area (Å²) in [6, 6.07) is 23.9. The van der Waals surface area contributed by atoms with Gasteiger partial charge >= 0.3 is 0 Å². The van der Waals surface area contributed by atoms with Crippen LogP contribution in [0.15, 0.2) is 72.8 Å². The summed E-state index contributed by atoms with van der Waals surface area (Å²) in [4.78, 5) is 14.7. The minimum Gasteiger partial charge on any atom is -0.497 e. The van der Waals surface area contributed by atoms with Crippen LogP contribution in [-0.4, -0.2) is 48.2 Å². The smallest absolute Gasteiger partial charge is 0.174 e. The lowest BCUT2D eigenvalue weighted by molar-refractivity contribution is 0.249. The normalized spacial score (nSPS) is 14.4. The van der Waals surface area contributed by atoms with Gasteiger partial charge in [-0.25, -0.2) is 9.97 Å². The van der Waals surface area contributed by atoms with Gasteiger partial charge in [0.15, 0.2) is 11.6 Å². The van der Waals surface area contributed by atoms with Crippen LogP contribution in [-0.2, 0) is 6.54 Å². The van der Waals surface area contributed by atoms with Crippen molar-refractivity contribution >= 4 is 40.0 Å². The van der Waals surface area contributed by atoms with Gasteiger partial charge < -0.3 is 15.0 Å². The summed E-state index contributed by atoms with van der Waals surface area (Å²) >= 11 is 6.16. The molecule has 1 N–H and O–H groups in total. The van der Waals surface area contributed by atoms with Crippen molar-refractivity contribution in [1.29, 1.82) is 0 Å². The highest BCUT2D eigenvalue weighted by Crippen LogP contribution is 2.29. The molecule has 0 unspecified atom stereocenters. The van der Waals surface area contributed by atoms with Crippen molar-refractivity contribution in [3.63, 3.8) is 0 Å². The maximum atomic E-state index is 6.16. The number of hydrogen-bond donors (Lipinski definition) is 1. The predicted molar refractivity (Wildman–Crippen MR) is 135 cm³/mol. The van der Waals surface area contributed by atoms with Crippen LogP contribution in [0.1, 0.15) is 5.56 Å². The number of ether oxygens (including phenoxy) is 1. The highest BCUT2D eigenvalue weighted by atomic mass is 35.5. The van der Waals surface area contributed by atoms with Crippen molar-refractivity contribution < 1.29 is 4.74 Å². The molecule has 1 aliphatic rings. The van der Waals surface area contributed by atoms with Crippen LogP contribution in [0.4, 0.5) is 17.3 Å². The monoisotopic (exact) mass is 459 g/mol. The van der Waals surface area contributed by atoms with Gasteiger partial charge in [0.05, 0.1) is 18.1 Å². The first-order chi connectivity index (χ1) is 16.2. The summed E-state index contributed by atoms with van der Waals surface area (Å²) in [5, 5.41) is 4.26. The van der Waals surface area contributed by atoms with Gasteiger partial charge in [0.25, 0.3) is 0 Å². The van der Waals surface area contributed by atoms with Gasteiger partial charge in [-0.3, -0.25) is 4.90 Å². The molecule has 0 saturated carbocycles. The van der Waals surface area contributed by atoms with Crippen LogP contribution in [0.25, 0.3) is 11.0 Å². The maximum Gasteiger partial charge on any atom is 0.174 e. The first-order valence-corrected chi connectivity index (χ1v) is 11.5. The van der Waals surface area contributed by atoms with Crippen LogP contribution in [0.3, 0.4) is 0 Å². The summed E-state index contributed by atoms with van der Waals surface area (Å²) in [5.41, 5.74) is 3.95. The minimum absolute atomic E-state index is 0.766. The van der Waals surface area contributed by atoms with E-state index < -0.39 is 0 Å². The van der Waals surface area contributed by atoms with Crippen molar-refractivity contribution in [2.24, 2.45) is 0 Å². The molecular weight excluding hydrogens is 434 g/mol. The number of nitrogens with one attached hydrogen (secondary N) is 1. The third-order valence-electron chi connectivity index (χ3n) is 5.87. The lowest BCUT2D eigenvalue weighted by Crippen LogP contribution is -2.46. The molecule has 0 atom stereocenters. The van der Waals surface area contributed by atoms with Crippen LogP contribution < -0.4 is 15.0 Å². The van der Waals surface area contributed by atoms with Gasteiger partial charge in [-0.1, -0.05) is 35.9 Å². The summed E-state index contributed by atoms with van der Waals surface area (Å²) in [6.45, 7) is 4.55. The molecule has 168 valence electrons. The number of halogens is 1. The van der Waals surface area contributed by atoms with Gasteiger partial charge in [0.1, 0.15) is 5.75 Å². The van der Waals surface area contributed by atoms with E-state index in [1.165, 1.54) is 5.56 Å². The third kappa shape index (κ3) is 5.02. The number of anilines is 3. The molecule has 1 aromatic heterocycles. The maximum absolute atomic E-state index is 6.16. The highest BCUT2D eigenvalue weighted by molar-refractivity contribution is 6.30. The second kappa shape index (κ2) is 9.65. The standard InChI is InChI=1S/C26H26ClN5O/c1-33-22-11-9-21(10-12-22)28-25-26(30-24-8-3-2-7-23(24)29-25)32-15-13-31(14-16-32)18-19-5-4-6-20(27)17-19/h2-12,17H,13-16,18H2,1H3,(H,28,29). The van der Waals surface area contributed by atoms with Gasteiger partial charge in [-0.15, -0.1) is 0 Å². The molecule has 0 amide bonds. The number of rotatable bonds is 6. The number of methoxy groups -OCH3 is 1. The first kappa shape index (κ1) is 21.5. The summed E-state index contributed by atoms with van der Waals surface area (Å²) in [7, 11) is 1.67. The lowest BCUT2D eigenvalue weighted by Gasteiger charge is -2.36. The fraction of sp³-hybridized carbons (Fsp3) is 0.231. The number of benzene rings is 3. The fourth-order valence-corrected chi connectivity index (χ4v) is 4.33. The molecule has 1 saturated heterocycles. The Balaban J connectivity index is 1.36. The Morgan fingerprint density at radius 3 is 2.30 bits per heavy atom. The Morgan fingerprint density at radius 2 is 1.61 bits per heavy atom. The van der Waals surface area contributed by atoms with E-state index in [1.54, 1.807) is 7.11 Å². The van der Waals surface area contributed by atoms with Crippen molar-refractivity contribution in [2.45, 2.75) is 6.54 Å². The van der Waals surface area contributed by atoms with Crippen molar-refractivity contribution in [3.8, 4) is 5.75 Å². The summed E-state index contributed by atoms with van der Waals surface area (Å²) in [6.07, 6.45) is 0. The highest BCUT2D eigenvalue weighted by Gasteiger charge is 2.22. The third-order valence-corrected chi connectivity index (χ3v) is 6.11. The van der Waals surface area contributed by atoms with Gasteiger partial charge in [-0.05, 0) is 54.1 Å². The molecule has 0 aliphatic carbocycles. The Kier molecular flexibility index (Phi) is 6.28. The molecule has 6 nitrogen and oxygen atoms in total. The first-order valence-electron chi connectivity index (χ1n) is 11.1. The zero-order chi connectivity index (χ0) is 22.6. The Bertz CT molecular complexity index is 1240. The molecule has 0 radical (unpaired) electrons. The Morgan fingerprint density at radius 1 is 0.879 bits per heavy atom. The van der Waals surface area contributed by atoms with Crippen molar-refractivity contribution in [3.05, 3.63) is 83.4 Å². The zero-order valence-electron chi connectivity index (χ0n) is 18.5. The molecule has 3 aromatic carbocycles. The molecule has 5 rings (SSSR count). The number of fused-ring (bicyclic) bond motifs is 1. The van der Waals surface area contributed by atoms with Crippen LogP contribution >= 0.6 is 11.6 Å². The molecule has 1 aliphatic heterocycles. The van der Waals surface area contributed by atoms with E-state index >= 15 is 0 Å². The number of hydrogen-bond acceptors (Lipinski definition) is 6. The number of piperazine rings is 1. The molecule has 1 fully saturated rings. The fourth-order valence-electron chi connectivity index (χ4n) is 4.12. The molecule has 33 heavy (non-hydrogen) atoms. The molecule has 4 aromatic rings. The minimum atomic E-state index is 0.766. The zero-order valence-corrected chi connectivity index (χ0v) is 19.3. The largest absolute Gasteiger partial charge is 0.497 e. The van der Waals surface area contributed by atoms with Gasteiger partial charge in [-0.2, -0.15) is 0 Å². The topological polar surface area (TPSA) is 53.5 Å². The van der Waals surface area contributed by atoms with E-state index in [1.807, 2.05) is 66.7 Å². The van der Waals surface area contributed by atoms with Gasteiger partial charge in [0.2, 0.25) is 0 Å². The quantitative estimate of drug-likeness (QED) is 0.419.